The quantitative estimate of drug-likeness (QED) is 0.871. The second-order valence-electron chi connectivity index (χ2n) is 5.65. The third kappa shape index (κ3) is 3.04. The number of halogens is 1. The third-order valence-electron chi connectivity index (χ3n) is 4.14. The molecule has 1 fully saturated rings. The van der Waals surface area contributed by atoms with E-state index in [9.17, 15) is 9.90 Å². The Bertz CT molecular complexity index is 709. The SMILES string of the molecule is CN(CC1CCCC1O)C(=O)/C=C/c1c(Cl)nc2sccn12. The lowest BCUT2D eigenvalue weighted by molar-refractivity contribution is -0.125. The van der Waals surface area contributed by atoms with Gasteiger partial charge in [0.25, 0.3) is 0 Å². The zero-order chi connectivity index (χ0) is 15.7. The van der Waals surface area contributed by atoms with Crippen LogP contribution in [-0.2, 0) is 4.79 Å². The van der Waals surface area contributed by atoms with Gasteiger partial charge in [0.05, 0.1) is 11.8 Å². The van der Waals surface area contributed by atoms with Crippen molar-refractivity contribution in [2.75, 3.05) is 13.6 Å². The number of aliphatic hydroxyl groups excluding tert-OH is 1. The molecule has 2 aromatic heterocycles. The van der Waals surface area contributed by atoms with Gasteiger partial charge >= 0.3 is 0 Å². The van der Waals surface area contributed by atoms with E-state index in [0.717, 1.165) is 24.2 Å². The predicted molar refractivity (Wildman–Crippen MR) is 88.1 cm³/mol. The zero-order valence-corrected chi connectivity index (χ0v) is 13.8. The van der Waals surface area contributed by atoms with Gasteiger partial charge in [-0.05, 0) is 18.9 Å². The molecule has 0 bridgehead atoms. The first-order chi connectivity index (χ1) is 10.6. The predicted octanol–water partition coefficient (Wildman–Crippen LogP) is 2.68. The van der Waals surface area contributed by atoms with E-state index in [1.807, 2.05) is 16.0 Å². The average Bonchev–Trinajstić information content (AvgIpc) is 3.15. The second kappa shape index (κ2) is 6.40. The molecule has 0 aromatic carbocycles. The Hall–Kier alpha value is -1.37. The summed E-state index contributed by atoms with van der Waals surface area (Å²) in [4.78, 5) is 18.9. The van der Waals surface area contributed by atoms with Gasteiger partial charge in [-0.15, -0.1) is 11.3 Å². The van der Waals surface area contributed by atoms with E-state index < -0.39 is 0 Å². The minimum Gasteiger partial charge on any atom is -0.393 e. The molecule has 1 N–H and O–H groups in total. The summed E-state index contributed by atoms with van der Waals surface area (Å²) in [6.45, 7) is 0.582. The van der Waals surface area contributed by atoms with E-state index in [0.29, 0.717) is 17.4 Å². The minimum absolute atomic E-state index is 0.0969. The van der Waals surface area contributed by atoms with Crippen molar-refractivity contribution in [2.24, 2.45) is 5.92 Å². The third-order valence-corrected chi connectivity index (χ3v) is 5.18. The van der Waals surface area contributed by atoms with Crippen molar-refractivity contribution in [3.63, 3.8) is 0 Å². The lowest BCUT2D eigenvalue weighted by Crippen LogP contribution is -2.33. The molecule has 0 aliphatic heterocycles. The van der Waals surface area contributed by atoms with E-state index >= 15 is 0 Å². The highest BCUT2D eigenvalue weighted by atomic mass is 35.5. The molecule has 0 saturated heterocycles. The number of imidazole rings is 1. The van der Waals surface area contributed by atoms with Crippen LogP contribution < -0.4 is 0 Å². The van der Waals surface area contributed by atoms with Gasteiger partial charge in [-0.1, -0.05) is 18.0 Å². The lowest BCUT2D eigenvalue weighted by atomic mass is 10.1. The summed E-state index contributed by atoms with van der Waals surface area (Å²) in [5.41, 5.74) is 0.709. The minimum atomic E-state index is -0.283. The van der Waals surface area contributed by atoms with Gasteiger partial charge in [0.15, 0.2) is 10.1 Å². The van der Waals surface area contributed by atoms with Crippen LogP contribution in [0.25, 0.3) is 11.0 Å². The molecule has 118 valence electrons. The molecule has 1 amide bonds. The molecule has 0 radical (unpaired) electrons. The normalized spacial score (nSPS) is 22.0. The van der Waals surface area contributed by atoms with Gasteiger partial charge in [0.2, 0.25) is 5.91 Å². The number of rotatable bonds is 4. The van der Waals surface area contributed by atoms with E-state index in [4.69, 9.17) is 11.6 Å². The maximum absolute atomic E-state index is 12.2. The largest absolute Gasteiger partial charge is 0.393 e. The van der Waals surface area contributed by atoms with Gasteiger partial charge in [-0.3, -0.25) is 9.20 Å². The van der Waals surface area contributed by atoms with Crippen LogP contribution in [0.4, 0.5) is 0 Å². The number of amides is 1. The lowest BCUT2D eigenvalue weighted by Gasteiger charge is -2.22. The van der Waals surface area contributed by atoms with Crippen LogP contribution >= 0.6 is 22.9 Å². The maximum atomic E-state index is 12.2. The molecule has 2 unspecified atom stereocenters. The Morgan fingerprint density at radius 1 is 1.64 bits per heavy atom. The molecule has 1 saturated carbocycles. The average molecular weight is 340 g/mol. The van der Waals surface area contributed by atoms with Crippen LogP contribution in [-0.4, -0.2) is 45.0 Å². The van der Waals surface area contributed by atoms with Crippen molar-refractivity contribution in [3.05, 3.63) is 28.5 Å². The molecule has 22 heavy (non-hydrogen) atoms. The van der Waals surface area contributed by atoms with Crippen LogP contribution in [0, 0.1) is 5.92 Å². The van der Waals surface area contributed by atoms with Crippen LogP contribution in [0.2, 0.25) is 5.15 Å². The summed E-state index contributed by atoms with van der Waals surface area (Å²) in [6.07, 6.45) is 7.64. The van der Waals surface area contributed by atoms with E-state index in [1.165, 1.54) is 17.4 Å². The van der Waals surface area contributed by atoms with Crippen molar-refractivity contribution in [1.82, 2.24) is 14.3 Å². The smallest absolute Gasteiger partial charge is 0.246 e. The number of aromatic nitrogens is 2. The van der Waals surface area contributed by atoms with Crippen molar-refractivity contribution < 1.29 is 9.90 Å². The van der Waals surface area contributed by atoms with Gasteiger partial charge in [-0.2, -0.15) is 0 Å². The summed E-state index contributed by atoms with van der Waals surface area (Å²) in [5, 5.41) is 12.2. The molecule has 0 spiro atoms. The maximum Gasteiger partial charge on any atom is 0.246 e. The first-order valence-corrected chi connectivity index (χ1v) is 8.54. The summed E-state index contributed by atoms with van der Waals surface area (Å²) in [6, 6.07) is 0. The Morgan fingerprint density at radius 2 is 2.45 bits per heavy atom. The van der Waals surface area contributed by atoms with Crippen LogP contribution in [0.15, 0.2) is 17.7 Å². The molecular formula is C15H18ClN3O2S. The molecular weight excluding hydrogens is 322 g/mol. The standard InChI is InChI=1S/C15H18ClN3O2S/c1-18(9-10-3-2-4-12(10)20)13(21)6-5-11-14(16)17-15-19(11)7-8-22-15/h5-8,10,12,20H,2-4,9H2,1H3/b6-5+. The van der Waals surface area contributed by atoms with E-state index in [-0.39, 0.29) is 17.9 Å². The van der Waals surface area contributed by atoms with Crippen LogP contribution in [0.1, 0.15) is 25.0 Å². The highest BCUT2D eigenvalue weighted by molar-refractivity contribution is 7.15. The van der Waals surface area contributed by atoms with Crippen LogP contribution in [0.5, 0.6) is 0 Å². The number of hydrogen-bond acceptors (Lipinski definition) is 4. The van der Waals surface area contributed by atoms with E-state index in [2.05, 4.69) is 4.98 Å². The molecule has 2 atom stereocenters. The number of likely N-dealkylation sites (N-methyl/N-ethyl adjacent to an activating group) is 1. The van der Waals surface area contributed by atoms with Gasteiger partial charge in [-0.25, -0.2) is 4.98 Å². The zero-order valence-electron chi connectivity index (χ0n) is 12.3. The number of thiazole rings is 1. The van der Waals surface area contributed by atoms with E-state index in [1.54, 1.807) is 18.0 Å². The fourth-order valence-electron chi connectivity index (χ4n) is 2.88. The molecule has 1 aliphatic rings. The Balaban J connectivity index is 1.67. The van der Waals surface area contributed by atoms with Gasteiger partial charge in [0, 0.05) is 37.2 Å². The van der Waals surface area contributed by atoms with Crippen molar-refractivity contribution >= 4 is 39.9 Å². The number of aliphatic hydroxyl groups is 1. The summed E-state index contributed by atoms with van der Waals surface area (Å²) in [7, 11) is 1.76. The highest BCUT2D eigenvalue weighted by Gasteiger charge is 2.27. The second-order valence-corrected chi connectivity index (χ2v) is 6.88. The first kappa shape index (κ1) is 15.5. The molecule has 5 nitrogen and oxygen atoms in total. The molecule has 1 aliphatic carbocycles. The highest BCUT2D eigenvalue weighted by Crippen LogP contribution is 2.26. The van der Waals surface area contributed by atoms with Gasteiger partial charge < -0.3 is 10.0 Å². The number of carbonyl (C=O) groups is 1. The number of fused-ring (bicyclic) bond motifs is 1. The molecule has 3 rings (SSSR count). The van der Waals surface area contributed by atoms with Crippen LogP contribution in [0.3, 0.4) is 0 Å². The molecule has 2 aromatic rings. The number of hydrogen-bond donors (Lipinski definition) is 1. The fourth-order valence-corrected chi connectivity index (χ4v) is 3.88. The van der Waals surface area contributed by atoms with Crippen molar-refractivity contribution in [2.45, 2.75) is 25.4 Å². The summed E-state index contributed by atoms with van der Waals surface area (Å²) < 4.78 is 1.86. The molecule has 7 heteroatoms. The van der Waals surface area contributed by atoms with Crippen molar-refractivity contribution in [3.8, 4) is 0 Å². The Morgan fingerprint density at radius 3 is 3.18 bits per heavy atom. The monoisotopic (exact) mass is 339 g/mol. The van der Waals surface area contributed by atoms with Gasteiger partial charge in [0.1, 0.15) is 0 Å². The number of nitrogens with zero attached hydrogens (tertiary/aromatic N) is 3. The number of carbonyl (C=O) groups excluding carboxylic acids is 1. The topological polar surface area (TPSA) is 57.8 Å². The summed E-state index contributed by atoms with van der Waals surface area (Å²) >= 11 is 7.59. The van der Waals surface area contributed by atoms with Crippen molar-refractivity contribution in [1.29, 1.82) is 0 Å². The summed E-state index contributed by atoms with van der Waals surface area (Å²) in [5.74, 6) is 0.0878. The first-order valence-electron chi connectivity index (χ1n) is 7.28. The Kier molecular flexibility index (Phi) is 4.52. The Labute approximate surface area is 137 Å². The molecule has 2 heterocycles. The fraction of sp³-hybridized carbons (Fsp3) is 0.467.